The van der Waals surface area contributed by atoms with Crippen LogP contribution in [0.15, 0.2) is 58.4 Å². The van der Waals surface area contributed by atoms with E-state index in [9.17, 15) is 33.2 Å². The molecule has 2 aromatic carbocycles. The molecule has 1 saturated heterocycles. The van der Waals surface area contributed by atoms with Gasteiger partial charge >= 0.3 is 16.9 Å². The number of nitrogens with two attached hydrogens (primary N) is 1. The highest BCUT2D eigenvalue weighted by molar-refractivity contribution is 8.00. The molecule has 0 unspecified atom stereocenters. The van der Waals surface area contributed by atoms with Gasteiger partial charge in [-0.05, 0) is 48.9 Å². The molecule has 206 valence electrons. The Balaban J connectivity index is 1.47. The van der Waals surface area contributed by atoms with Crippen LogP contribution in [-0.2, 0) is 25.7 Å². The molecule has 0 spiro atoms. The summed E-state index contributed by atoms with van der Waals surface area (Å²) >= 11 is 1.72. The summed E-state index contributed by atoms with van der Waals surface area (Å²) in [6, 6.07) is 10.1. The lowest BCUT2D eigenvalue weighted by molar-refractivity contribution is -0.135. The fraction of sp³-hybridized carbons (Fsp3) is 0.231. The summed E-state index contributed by atoms with van der Waals surface area (Å²) in [6.45, 7) is 1.50. The molecule has 0 bridgehead atoms. The summed E-state index contributed by atoms with van der Waals surface area (Å²) in [4.78, 5) is 76.3. The maximum Gasteiger partial charge on any atom is 0.338 e. The number of thioether (sulfide) groups is 1. The Morgan fingerprint density at radius 2 is 1.70 bits per heavy atom. The number of carbonyl (C=O) groups excluding carboxylic acids is 5. The Hall–Kier alpha value is -4.30. The molecule has 5 rings (SSSR count). The smallest absolute Gasteiger partial charge is 0.338 e. The van der Waals surface area contributed by atoms with E-state index in [1.165, 1.54) is 53.1 Å². The minimum atomic E-state index is -1.21. The van der Waals surface area contributed by atoms with Crippen LogP contribution in [0.1, 0.15) is 33.6 Å². The lowest BCUT2D eigenvalue weighted by atomic mass is 9.83. The zero-order valence-corrected chi connectivity index (χ0v) is 22.4. The highest BCUT2D eigenvalue weighted by atomic mass is 32.2. The van der Waals surface area contributed by atoms with Gasteiger partial charge in [0.2, 0.25) is 11.8 Å². The monoisotopic (exact) mass is 584 g/mol. The molecule has 3 aromatic rings. The van der Waals surface area contributed by atoms with E-state index in [-0.39, 0.29) is 6.61 Å². The number of aromatic nitrogens is 1. The molecule has 0 aliphatic carbocycles. The van der Waals surface area contributed by atoms with Gasteiger partial charge in [0, 0.05) is 16.5 Å². The molecular weight excluding hydrogens is 563 g/mol. The third-order valence-corrected chi connectivity index (χ3v) is 9.08. The maximum atomic E-state index is 13.7. The number of esters is 1. The molecule has 3 heterocycles. The van der Waals surface area contributed by atoms with Gasteiger partial charge in [-0.3, -0.25) is 23.7 Å². The van der Waals surface area contributed by atoms with Crippen molar-refractivity contribution >= 4 is 58.5 Å². The average Bonchev–Trinajstić information content (AvgIpc) is 3.36. The zero-order valence-electron chi connectivity index (χ0n) is 20.8. The molecule has 1 fully saturated rings. The Morgan fingerprint density at radius 3 is 2.33 bits per heavy atom. The third-order valence-electron chi connectivity index (χ3n) is 6.48. The lowest BCUT2D eigenvalue weighted by Gasteiger charge is -2.30. The molecule has 40 heavy (non-hydrogen) atoms. The topological polar surface area (TPSA) is 158 Å². The molecule has 0 radical (unpaired) electrons. The van der Waals surface area contributed by atoms with Crippen molar-refractivity contribution in [2.45, 2.75) is 29.7 Å². The van der Waals surface area contributed by atoms with Crippen LogP contribution in [0.4, 0.5) is 14.9 Å². The number of carbonyl (C=O) groups is 5. The van der Waals surface area contributed by atoms with Crippen molar-refractivity contribution in [1.29, 1.82) is 0 Å². The average molecular weight is 585 g/mol. The van der Waals surface area contributed by atoms with Gasteiger partial charge in [-0.15, -0.1) is 0 Å². The van der Waals surface area contributed by atoms with Gasteiger partial charge in [0.05, 0.1) is 23.1 Å². The highest BCUT2D eigenvalue weighted by Gasteiger charge is 2.57. The lowest BCUT2D eigenvalue weighted by Crippen LogP contribution is -2.41. The molecule has 0 saturated carbocycles. The molecule has 5 amide bonds. The molecular formula is C26H21FN4O7S2. The third kappa shape index (κ3) is 4.79. The van der Waals surface area contributed by atoms with E-state index in [2.05, 4.69) is 5.32 Å². The fourth-order valence-electron chi connectivity index (χ4n) is 4.75. The number of benzene rings is 2. The van der Waals surface area contributed by atoms with Gasteiger partial charge in [0.15, 0.2) is 0 Å². The van der Waals surface area contributed by atoms with Gasteiger partial charge in [0.1, 0.15) is 17.6 Å². The summed E-state index contributed by atoms with van der Waals surface area (Å²) in [5.41, 5.74) is 6.45. The summed E-state index contributed by atoms with van der Waals surface area (Å²) in [7, 11) is 0. The molecule has 3 N–H and O–H groups in total. The summed E-state index contributed by atoms with van der Waals surface area (Å²) in [5.74, 6) is -5.09. The van der Waals surface area contributed by atoms with Gasteiger partial charge < -0.3 is 15.8 Å². The van der Waals surface area contributed by atoms with Crippen molar-refractivity contribution in [2.24, 2.45) is 11.7 Å². The Kier molecular flexibility index (Phi) is 7.29. The number of ether oxygens (including phenoxy) is 1. The number of halogens is 1. The molecule has 2 aliphatic rings. The number of nitrogens with one attached hydrogen (secondary N) is 1. The van der Waals surface area contributed by atoms with Crippen molar-refractivity contribution in [3.8, 4) is 0 Å². The number of rotatable bonds is 6. The van der Waals surface area contributed by atoms with Crippen LogP contribution in [0.3, 0.4) is 0 Å². The van der Waals surface area contributed by atoms with Crippen LogP contribution in [0.5, 0.6) is 0 Å². The second kappa shape index (κ2) is 10.7. The molecule has 14 heteroatoms. The highest BCUT2D eigenvalue weighted by Crippen LogP contribution is 2.53. The number of thiazole rings is 1. The Labute approximate surface area is 234 Å². The van der Waals surface area contributed by atoms with E-state index >= 15 is 0 Å². The number of anilines is 1. The second-order valence-corrected chi connectivity index (χ2v) is 11.0. The second-order valence-electron chi connectivity index (χ2n) is 8.91. The first-order valence-corrected chi connectivity index (χ1v) is 13.7. The van der Waals surface area contributed by atoms with Crippen LogP contribution in [0, 0.1) is 11.7 Å². The minimum absolute atomic E-state index is 0.221. The first kappa shape index (κ1) is 27.3. The largest absolute Gasteiger partial charge is 0.462 e. The minimum Gasteiger partial charge on any atom is -0.462 e. The van der Waals surface area contributed by atoms with Crippen molar-refractivity contribution in [1.82, 2.24) is 9.47 Å². The predicted molar refractivity (Wildman–Crippen MR) is 142 cm³/mol. The number of imide groups is 3. The summed E-state index contributed by atoms with van der Waals surface area (Å²) < 4.78 is 19.8. The van der Waals surface area contributed by atoms with Gasteiger partial charge in [-0.1, -0.05) is 35.2 Å². The SMILES string of the molecule is CCOC(=O)c1ccc(NC(=O)Cn2c3c(sc2=O)[C@@H](c2ccc(F)cc2)[C@H]2C(=O)N(C(N)=O)C(=O)[C@H]2S3)cc1. The van der Waals surface area contributed by atoms with E-state index in [4.69, 9.17) is 10.5 Å². The molecule has 2 aliphatic heterocycles. The number of fused-ring (bicyclic) bond motifs is 2. The first-order valence-electron chi connectivity index (χ1n) is 12.0. The normalized spacial score (nSPS) is 19.6. The Morgan fingerprint density at radius 1 is 1.02 bits per heavy atom. The number of urea groups is 1. The zero-order chi connectivity index (χ0) is 28.7. The number of primary amides is 1. The first-order chi connectivity index (χ1) is 19.1. The number of hydrogen-bond donors (Lipinski definition) is 2. The van der Waals surface area contributed by atoms with Crippen molar-refractivity contribution in [3.05, 3.63) is 80.0 Å². The van der Waals surface area contributed by atoms with Crippen molar-refractivity contribution in [3.63, 3.8) is 0 Å². The van der Waals surface area contributed by atoms with Crippen LogP contribution < -0.4 is 15.9 Å². The molecule has 11 nitrogen and oxygen atoms in total. The van der Waals surface area contributed by atoms with Crippen LogP contribution in [-0.4, -0.2) is 51.0 Å². The van der Waals surface area contributed by atoms with Crippen LogP contribution in [0.2, 0.25) is 0 Å². The molecule has 3 atom stereocenters. The van der Waals surface area contributed by atoms with Crippen molar-refractivity contribution in [2.75, 3.05) is 11.9 Å². The summed E-state index contributed by atoms with van der Waals surface area (Å²) in [5, 5.41) is 1.87. The number of hydrogen-bond acceptors (Lipinski definition) is 9. The van der Waals surface area contributed by atoms with Gasteiger partial charge in [0.25, 0.3) is 5.91 Å². The van der Waals surface area contributed by atoms with Crippen molar-refractivity contribution < 1.29 is 33.1 Å². The Bertz CT molecular complexity index is 1600. The van der Waals surface area contributed by atoms with E-state index < -0.39 is 64.0 Å². The van der Waals surface area contributed by atoms with E-state index in [1.54, 1.807) is 6.92 Å². The molecule has 1 aromatic heterocycles. The predicted octanol–water partition coefficient (Wildman–Crippen LogP) is 2.53. The quantitative estimate of drug-likeness (QED) is 0.331. The van der Waals surface area contributed by atoms with Gasteiger partial charge in [-0.25, -0.2) is 14.0 Å². The van der Waals surface area contributed by atoms with Crippen LogP contribution in [0.25, 0.3) is 0 Å². The maximum absolute atomic E-state index is 13.7. The van der Waals surface area contributed by atoms with Gasteiger partial charge in [-0.2, -0.15) is 4.90 Å². The van der Waals surface area contributed by atoms with E-state index in [0.29, 0.717) is 31.6 Å². The van der Waals surface area contributed by atoms with E-state index in [0.717, 1.165) is 23.1 Å². The number of amides is 5. The van der Waals surface area contributed by atoms with E-state index in [1.807, 2.05) is 0 Å². The summed E-state index contributed by atoms with van der Waals surface area (Å²) in [6.07, 6.45) is 0. The number of nitrogens with zero attached hydrogens (tertiary/aromatic N) is 2. The standard InChI is InChI=1S/C26H21FN4O7S2/c1-2-38-24(35)13-5-9-15(10-6-13)29-16(32)11-30-23-20(40-26(30)37)17(12-3-7-14(27)8-4-12)18-19(39-23)22(34)31(21(18)33)25(28)36/h3-10,17-19H,2,11H2,1H3,(H2,28,36)(H,29,32)/t17-,18+,19-/m0/s1. The number of likely N-dealkylation sites (tertiary alicyclic amines) is 1. The fourth-order valence-corrected chi connectivity index (χ4v) is 7.52. The van der Waals surface area contributed by atoms with Crippen LogP contribution >= 0.6 is 23.1 Å².